The smallest absolute Gasteiger partial charge is 1.00 e. The third-order valence-electron chi connectivity index (χ3n) is 5.04. The maximum Gasteiger partial charge on any atom is 1.00 e. The summed E-state index contributed by atoms with van der Waals surface area (Å²) in [5, 5.41) is 0. The zero-order chi connectivity index (χ0) is 18.8. The van der Waals surface area contributed by atoms with Crippen molar-refractivity contribution in [3.63, 3.8) is 0 Å². The maximum atomic E-state index is 10.8. The number of unbranched alkanes of at least 4 members (excludes halogenated alkanes) is 9. The molecule has 0 aromatic rings. The molecule has 0 spiro atoms. The molecule has 2 saturated heterocycles. The van der Waals surface area contributed by atoms with Gasteiger partial charge in [-0.25, -0.2) is 4.18 Å². The quantitative estimate of drug-likeness (QED) is 0.248. The van der Waals surface area contributed by atoms with E-state index in [0.29, 0.717) is 13.2 Å². The van der Waals surface area contributed by atoms with E-state index in [2.05, 4.69) is 11.1 Å². The molecule has 27 heavy (non-hydrogen) atoms. The predicted octanol–water partition coefficient (Wildman–Crippen LogP) is 0.395. The summed E-state index contributed by atoms with van der Waals surface area (Å²) in [5.74, 6) is 0. The topological polar surface area (TPSA) is 91.3 Å². The summed E-state index contributed by atoms with van der Waals surface area (Å²) in [6.45, 7) is 3.33. The summed E-state index contributed by atoms with van der Waals surface area (Å²) < 4.78 is 52.0. The first-order chi connectivity index (χ1) is 12.5. The minimum atomic E-state index is -4.50. The van der Waals surface area contributed by atoms with E-state index >= 15 is 0 Å². The van der Waals surface area contributed by atoms with Crippen LogP contribution in [0.25, 0.3) is 0 Å². The van der Waals surface area contributed by atoms with Gasteiger partial charge in [0, 0.05) is 6.61 Å². The van der Waals surface area contributed by atoms with Gasteiger partial charge in [-0.3, -0.25) is 4.55 Å². The van der Waals surface area contributed by atoms with Crippen LogP contribution in [0.1, 0.15) is 72.6 Å². The molecule has 0 radical (unpaired) electrons. The largest absolute Gasteiger partial charge is 1.00 e. The first kappa shape index (κ1) is 25.8. The van der Waals surface area contributed by atoms with E-state index in [4.69, 9.17) is 18.8 Å². The van der Waals surface area contributed by atoms with Crippen molar-refractivity contribution in [2.45, 2.75) is 95.5 Å². The second kappa shape index (κ2) is 13.9. The Balaban J connectivity index is 0.00000364. The minimum Gasteiger partial charge on any atom is -1.00 e. The zero-order valence-corrected chi connectivity index (χ0v) is 19.6. The third kappa shape index (κ3) is 9.87. The van der Waals surface area contributed by atoms with Gasteiger partial charge in [-0.15, -0.1) is 0 Å². The minimum absolute atomic E-state index is 0. The van der Waals surface area contributed by atoms with Gasteiger partial charge >= 0.3 is 40.0 Å². The van der Waals surface area contributed by atoms with Crippen LogP contribution >= 0.6 is 0 Å². The normalized spacial score (nSPS) is 27.5. The molecule has 0 unspecified atom stereocenters. The van der Waals surface area contributed by atoms with Gasteiger partial charge in [0.05, 0.1) is 13.2 Å². The van der Waals surface area contributed by atoms with E-state index in [1.54, 1.807) is 0 Å². The Bertz CT molecular complexity index is 494. The fourth-order valence-electron chi connectivity index (χ4n) is 3.63. The molecule has 2 heterocycles. The zero-order valence-electron chi connectivity index (χ0n) is 17.8. The van der Waals surface area contributed by atoms with Gasteiger partial charge in [-0.2, -0.15) is 8.42 Å². The van der Waals surface area contributed by atoms with Crippen LogP contribution in [0.2, 0.25) is 0 Å². The van der Waals surface area contributed by atoms with Gasteiger partial charge in [0.25, 0.3) is 0 Å². The Morgan fingerprint density at radius 1 is 0.889 bits per heavy atom. The van der Waals surface area contributed by atoms with E-state index in [-0.39, 0.29) is 49.8 Å². The van der Waals surface area contributed by atoms with E-state index in [0.717, 1.165) is 12.8 Å². The summed E-state index contributed by atoms with van der Waals surface area (Å²) in [6, 6.07) is 0. The summed E-state index contributed by atoms with van der Waals surface area (Å²) in [5.41, 5.74) is 0. The van der Waals surface area contributed by atoms with Crippen molar-refractivity contribution in [2.75, 3.05) is 19.8 Å². The molecule has 2 aliphatic heterocycles. The van der Waals surface area contributed by atoms with E-state index < -0.39 is 22.6 Å². The summed E-state index contributed by atoms with van der Waals surface area (Å²) in [7, 11) is -4.50. The first-order valence-corrected chi connectivity index (χ1v) is 11.4. The molecule has 0 aliphatic carbocycles. The Hall–Kier alpha value is 0.750. The average molecular weight is 419 g/mol. The molecule has 0 amide bonds. The van der Waals surface area contributed by atoms with Crippen molar-refractivity contribution < 1.29 is 62.3 Å². The number of ether oxygens (including phenoxy) is 3. The molecule has 9 heteroatoms. The van der Waals surface area contributed by atoms with E-state index in [1.165, 1.54) is 51.4 Å². The van der Waals surface area contributed by atoms with Crippen molar-refractivity contribution in [1.29, 1.82) is 0 Å². The van der Waals surface area contributed by atoms with Crippen molar-refractivity contribution in [3.8, 4) is 0 Å². The monoisotopic (exact) mass is 418 g/mol. The van der Waals surface area contributed by atoms with Crippen LogP contribution in [-0.2, 0) is 28.8 Å². The van der Waals surface area contributed by atoms with Gasteiger partial charge in [0.15, 0.2) is 0 Å². The van der Waals surface area contributed by atoms with Crippen molar-refractivity contribution in [1.82, 2.24) is 0 Å². The first-order valence-electron chi connectivity index (χ1n) is 10.0. The molecule has 2 fully saturated rings. The summed E-state index contributed by atoms with van der Waals surface area (Å²) in [4.78, 5) is 0. The number of hydrogen-bond acceptors (Lipinski definition) is 6. The molecule has 7 nitrogen and oxygen atoms in total. The number of fused-ring (bicyclic) bond motifs is 1. The van der Waals surface area contributed by atoms with Crippen molar-refractivity contribution in [3.05, 3.63) is 0 Å². The van der Waals surface area contributed by atoms with Gasteiger partial charge in [0.1, 0.15) is 24.4 Å². The molecule has 0 aromatic heterocycles. The molecule has 0 aromatic carbocycles. The Morgan fingerprint density at radius 2 is 1.37 bits per heavy atom. The predicted molar refractivity (Wildman–Crippen MR) is 98.6 cm³/mol. The number of hydrogen-bond donors (Lipinski definition) is 1. The fourth-order valence-corrected chi connectivity index (χ4v) is 4.11. The van der Waals surface area contributed by atoms with Crippen LogP contribution in [-0.4, -0.2) is 57.2 Å². The maximum absolute atomic E-state index is 10.8. The van der Waals surface area contributed by atoms with Crippen LogP contribution in [0.4, 0.5) is 0 Å². The summed E-state index contributed by atoms with van der Waals surface area (Å²) in [6.07, 6.45) is 10.9. The summed E-state index contributed by atoms with van der Waals surface area (Å²) >= 11 is 0. The molecule has 156 valence electrons. The molecule has 0 bridgehead atoms. The fraction of sp³-hybridized carbons (Fsp3) is 1.00. The molecule has 0 saturated carbocycles. The second-order valence-corrected chi connectivity index (χ2v) is 8.30. The Kier molecular flexibility index (Phi) is 13.3. The van der Waals surface area contributed by atoms with Gasteiger partial charge < -0.3 is 15.6 Å². The van der Waals surface area contributed by atoms with Gasteiger partial charge in [-0.1, -0.05) is 64.7 Å². The third-order valence-corrected chi connectivity index (χ3v) is 5.53. The molecular formula is C18H35NaO7S. The van der Waals surface area contributed by atoms with E-state index in [1.807, 2.05) is 0 Å². The van der Waals surface area contributed by atoms with E-state index in [9.17, 15) is 8.42 Å². The molecular weight excluding hydrogens is 383 g/mol. The SMILES string of the molecule is CCCCCCCCCCCCO[C@H]1CO[C@H]2[C@@H]1OC[C@H]2OS(=O)(=O)O.[H-].[Na+]. The van der Waals surface area contributed by atoms with Crippen LogP contribution < -0.4 is 29.6 Å². The van der Waals surface area contributed by atoms with Crippen LogP contribution in [0.15, 0.2) is 0 Å². The van der Waals surface area contributed by atoms with Gasteiger partial charge in [-0.05, 0) is 6.42 Å². The molecule has 4 atom stereocenters. The second-order valence-electron chi connectivity index (χ2n) is 7.25. The molecule has 2 aliphatic rings. The molecule has 2 rings (SSSR count). The van der Waals surface area contributed by atoms with Crippen LogP contribution in [0.5, 0.6) is 0 Å². The molecule has 1 N–H and O–H groups in total. The Labute approximate surface area is 187 Å². The van der Waals surface area contributed by atoms with Crippen LogP contribution in [0, 0.1) is 0 Å². The number of rotatable bonds is 14. The van der Waals surface area contributed by atoms with Crippen molar-refractivity contribution in [2.24, 2.45) is 0 Å². The average Bonchev–Trinajstić information content (AvgIpc) is 3.15. The van der Waals surface area contributed by atoms with Gasteiger partial charge in [0.2, 0.25) is 0 Å². The van der Waals surface area contributed by atoms with Crippen LogP contribution in [0.3, 0.4) is 0 Å². The van der Waals surface area contributed by atoms with Crippen molar-refractivity contribution >= 4 is 10.4 Å². The standard InChI is InChI=1S/C18H34O7S.Na.H/c1-2-3-4-5-6-7-8-9-10-11-12-22-15-13-23-18-16(14-24-17(15)18)25-26(19,20)21;;/h15-18H,2-14H2,1H3,(H,19,20,21);;/q;+1;-1/t15-,16+,17+,18+;;/m0../s1. The Morgan fingerprint density at radius 3 is 1.93 bits per heavy atom.